The maximum atomic E-state index is 12.0. The van der Waals surface area contributed by atoms with E-state index in [1.165, 1.54) is 21.0 Å². The van der Waals surface area contributed by atoms with Gasteiger partial charge < -0.3 is 39.7 Å². The number of hydrogen-bond donors (Lipinski definition) is 4. The first kappa shape index (κ1) is 27.4. The molecule has 11 heteroatoms. The zero-order valence-electron chi connectivity index (χ0n) is 23.4. The summed E-state index contributed by atoms with van der Waals surface area (Å²) in [5.41, 5.74) is 4.14. The number of hydrogen-bond acceptors (Lipinski definition) is 10. The number of fused-ring (bicyclic) bond motifs is 7. The molecule has 11 nitrogen and oxygen atoms in total. The van der Waals surface area contributed by atoms with Gasteiger partial charge in [0.15, 0.2) is 29.8 Å². The van der Waals surface area contributed by atoms with Gasteiger partial charge in [0, 0.05) is 54.6 Å². The Morgan fingerprint density at radius 1 is 1.15 bits per heavy atom. The van der Waals surface area contributed by atoms with E-state index in [2.05, 4.69) is 22.4 Å². The highest BCUT2D eigenvalue weighted by Crippen LogP contribution is 2.58. The van der Waals surface area contributed by atoms with Crippen molar-refractivity contribution < 1.29 is 34.3 Å². The molecule has 1 fully saturated rings. The third kappa shape index (κ3) is 3.90. The summed E-state index contributed by atoms with van der Waals surface area (Å²) in [6.45, 7) is 4.87. The molecule has 0 spiro atoms. The lowest BCUT2D eigenvalue weighted by atomic mass is 9.75. The fourth-order valence-electron chi connectivity index (χ4n) is 6.54. The van der Waals surface area contributed by atoms with Crippen LogP contribution in [0.15, 0.2) is 11.8 Å². The molecule has 0 radical (unpaired) electrons. The molecule has 212 valence electrons. The van der Waals surface area contributed by atoms with Gasteiger partial charge in [0.05, 0.1) is 25.3 Å². The van der Waals surface area contributed by atoms with E-state index in [4.69, 9.17) is 14.2 Å². The second kappa shape index (κ2) is 10.1. The summed E-state index contributed by atoms with van der Waals surface area (Å²) in [4.78, 5) is 16.0. The molecule has 4 atom stereocenters. The quantitative estimate of drug-likeness (QED) is 0.240. The Hall–Kier alpha value is -4.14. The Bertz CT molecular complexity index is 1460. The van der Waals surface area contributed by atoms with Crippen molar-refractivity contribution >= 4 is 12.0 Å². The lowest BCUT2D eigenvalue weighted by molar-refractivity contribution is -0.119. The second-order valence-corrected chi connectivity index (χ2v) is 10.5. The van der Waals surface area contributed by atoms with Gasteiger partial charge in [-0.3, -0.25) is 9.69 Å². The van der Waals surface area contributed by atoms with Crippen LogP contribution in [0.2, 0.25) is 0 Å². The van der Waals surface area contributed by atoms with Gasteiger partial charge in [-0.05, 0) is 44.5 Å². The third-order valence-electron chi connectivity index (χ3n) is 8.32. The van der Waals surface area contributed by atoms with Crippen LogP contribution in [0.3, 0.4) is 0 Å². The molecule has 1 saturated heterocycles. The van der Waals surface area contributed by atoms with Crippen molar-refractivity contribution in [1.29, 1.82) is 5.26 Å². The molecule has 40 heavy (non-hydrogen) atoms. The Labute approximate surface area is 232 Å². The largest absolute Gasteiger partial charge is 0.507 e. The Morgan fingerprint density at radius 2 is 1.88 bits per heavy atom. The molecule has 2 aromatic carbocycles. The number of ether oxygens (including phenoxy) is 3. The van der Waals surface area contributed by atoms with Crippen LogP contribution in [-0.4, -0.2) is 77.7 Å². The predicted molar refractivity (Wildman–Crippen MR) is 145 cm³/mol. The van der Waals surface area contributed by atoms with Gasteiger partial charge >= 0.3 is 0 Å². The van der Waals surface area contributed by atoms with Gasteiger partial charge in [-0.2, -0.15) is 5.26 Å². The SMILES string of the molecule is COCOc1c(OC)c(C)cc2c1C1C3=Cc4c(O)c(C)c(O)c(O)c4[C@H](CNC(C)=O)N3[C@@H](C#N)[C@H](C2)N1C. The molecular weight excluding hydrogens is 516 g/mol. The molecule has 0 saturated carbocycles. The maximum absolute atomic E-state index is 12.0. The molecule has 0 aliphatic carbocycles. The van der Waals surface area contributed by atoms with Crippen molar-refractivity contribution in [2.24, 2.45) is 0 Å². The third-order valence-corrected chi connectivity index (χ3v) is 8.32. The van der Waals surface area contributed by atoms with Crippen molar-refractivity contribution in [3.63, 3.8) is 0 Å². The molecule has 5 rings (SSSR count). The van der Waals surface area contributed by atoms with Crippen LogP contribution in [-0.2, 0) is 16.0 Å². The number of aryl methyl sites for hydroxylation is 1. The van der Waals surface area contributed by atoms with E-state index in [9.17, 15) is 25.4 Å². The molecule has 4 N–H and O–H groups in total. The zero-order valence-corrected chi connectivity index (χ0v) is 23.4. The van der Waals surface area contributed by atoms with Crippen molar-refractivity contribution in [3.05, 3.63) is 45.1 Å². The molecule has 2 aromatic rings. The second-order valence-electron chi connectivity index (χ2n) is 10.5. The standard InChI is InChI=1S/C29H34N4O7/c1-13-7-16-8-18-20(10-30)33-19(24(32(18)4)22(16)29(28(13)39-6)40-12-38-5)9-17-23(21(33)11-31-15(3)34)27(37)26(36)14(2)25(17)35/h7,9,18,20-21,24,35-37H,8,11-12H2,1-6H3,(H,31,34)/t18-,20-,21-,24?/m0/s1. The molecule has 0 aromatic heterocycles. The maximum Gasteiger partial charge on any atom is 0.216 e. The molecule has 1 amide bonds. The van der Waals surface area contributed by atoms with E-state index in [0.29, 0.717) is 29.2 Å². The Balaban J connectivity index is 1.84. The van der Waals surface area contributed by atoms with E-state index in [0.717, 1.165) is 16.7 Å². The van der Waals surface area contributed by atoms with Crippen LogP contribution in [0.5, 0.6) is 28.7 Å². The molecule has 2 bridgehead atoms. The van der Waals surface area contributed by atoms with Gasteiger partial charge in [-0.15, -0.1) is 0 Å². The monoisotopic (exact) mass is 550 g/mol. The first-order chi connectivity index (χ1) is 19.1. The summed E-state index contributed by atoms with van der Waals surface area (Å²) in [5.74, 6) is -0.199. The summed E-state index contributed by atoms with van der Waals surface area (Å²) >= 11 is 0. The molecule has 1 unspecified atom stereocenters. The number of phenols is 3. The normalized spacial score (nSPS) is 22.8. The predicted octanol–water partition coefficient (Wildman–Crippen LogP) is 2.75. The van der Waals surface area contributed by atoms with Crippen molar-refractivity contribution in [1.82, 2.24) is 15.1 Å². The number of carbonyl (C=O) groups excluding carboxylic acids is 1. The fraction of sp³-hybridized carbons (Fsp3) is 0.448. The minimum Gasteiger partial charge on any atom is -0.507 e. The lowest BCUT2D eigenvalue weighted by Gasteiger charge is -2.57. The van der Waals surface area contributed by atoms with Crippen LogP contribution >= 0.6 is 0 Å². The van der Waals surface area contributed by atoms with Gasteiger partial charge in [0.1, 0.15) is 11.8 Å². The Morgan fingerprint density at radius 3 is 2.50 bits per heavy atom. The topological polar surface area (TPSA) is 148 Å². The summed E-state index contributed by atoms with van der Waals surface area (Å²) in [6, 6.07) is 2.41. The van der Waals surface area contributed by atoms with E-state index >= 15 is 0 Å². The van der Waals surface area contributed by atoms with E-state index < -0.39 is 29.6 Å². The number of nitriles is 1. The number of methoxy groups -OCH3 is 2. The van der Waals surface area contributed by atoms with Gasteiger partial charge in [-0.1, -0.05) is 6.07 Å². The van der Waals surface area contributed by atoms with E-state index in [1.54, 1.807) is 13.2 Å². The summed E-state index contributed by atoms with van der Waals surface area (Å²) in [6.07, 6.45) is 2.29. The fourth-order valence-corrected chi connectivity index (χ4v) is 6.54. The first-order valence-electron chi connectivity index (χ1n) is 13.0. The molecular formula is C29H34N4O7. The summed E-state index contributed by atoms with van der Waals surface area (Å²) < 4.78 is 17.1. The smallest absolute Gasteiger partial charge is 0.216 e. The minimum atomic E-state index is -0.753. The highest BCUT2D eigenvalue weighted by molar-refractivity contribution is 5.77. The number of nitrogens with zero attached hydrogens (tertiary/aromatic N) is 3. The highest BCUT2D eigenvalue weighted by Gasteiger charge is 2.53. The summed E-state index contributed by atoms with van der Waals surface area (Å²) in [5, 5.41) is 46.3. The van der Waals surface area contributed by atoms with Gasteiger partial charge in [0.25, 0.3) is 0 Å². The van der Waals surface area contributed by atoms with E-state index in [1.807, 2.05) is 18.9 Å². The van der Waals surface area contributed by atoms with Crippen molar-refractivity contribution in [2.75, 3.05) is 34.6 Å². The van der Waals surface area contributed by atoms with Crippen molar-refractivity contribution in [2.45, 2.75) is 51.4 Å². The average molecular weight is 551 g/mol. The number of piperazine rings is 1. The number of rotatable bonds is 6. The van der Waals surface area contributed by atoms with Gasteiger partial charge in [0.2, 0.25) is 5.91 Å². The lowest BCUT2D eigenvalue weighted by Crippen LogP contribution is -2.62. The van der Waals surface area contributed by atoms with Crippen LogP contribution in [0.1, 0.15) is 52.4 Å². The van der Waals surface area contributed by atoms with Crippen LogP contribution in [0.4, 0.5) is 0 Å². The molecule has 3 heterocycles. The van der Waals surface area contributed by atoms with E-state index in [-0.39, 0.29) is 42.2 Å². The van der Waals surface area contributed by atoms with Crippen LogP contribution in [0.25, 0.3) is 6.08 Å². The molecule has 3 aliphatic rings. The number of likely N-dealkylation sites (N-methyl/N-ethyl adjacent to an activating group) is 1. The first-order valence-corrected chi connectivity index (χ1v) is 13.0. The number of phenolic OH excluding ortho intramolecular Hbond substituents is 3. The zero-order chi connectivity index (χ0) is 29.0. The highest BCUT2D eigenvalue weighted by atomic mass is 16.7. The van der Waals surface area contributed by atoms with Crippen molar-refractivity contribution in [3.8, 4) is 34.8 Å². The minimum absolute atomic E-state index is 0.00315. The average Bonchev–Trinajstić information content (AvgIpc) is 2.92. The number of aromatic hydroxyl groups is 3. The molecule has 3 aliphatic heterocycles. The number of benzene rings is 2. The Kier molecular flexibility index (Phi) is 6.94. The summed E-state index contributed by atoms with van der Waals surface area (Å²) in [7, 11) is 5.07. The number of nitrogens with one attached hydrogen (secondary N) is 1. The van der Waals surface area contributed by atoms with Gasteiger partial charge in [-0.25, -0.2) is 0 Å². The number of amides is 1. The van der Waals surface area contributed by atoms with Crippen LogP contribution < -0.4 is 14.8 Å². The van der Waals surface area contributed by atoms with Crippen LogP contribution in [0, 0.1) is 25.2 Å². The number of carbonyl (C=O) groups is 1.